The molecule has 0 aliphatic heterocycles. The minimum absolute atomic E-state index is 0.00298. The summed E-state index contributed by atoms with van der Waals surface area (Å²) >= 11 is 6.20. The number of aldehydes is 1. The molecule has 5 amide bonds. The number of para-hydroxylation sites is 5. The molecule has 0 aliphatic rings. The van der Waals surface area contributed by atoms with Crippen LogP contribution in [-0.2, 0) is 32.7 Å². The molecule has 0 bridgehead atoms. The zero-order chi connectivity index (χ0) is 104. The van der Waals surface area contributed by atoms with E-state index >= 15 is 0 Å². The third kappa shape index (κ3) is 23.4. The van der Waals surface area contributed by atoms with Crippen molar-refractivity contribution in [3.8, 4) is 29.1 Å². The number of nitrogens with one attached hydrogen (secondary N) is 5. The number of benzene rings is 5. The Labute approximate surface area is 838 Å². The van der Waals surface area contributed by atoms with Crippen LogP contribution in [-0.4, -0.2) is 176 Å². The first-order chi connectivity index (χ1) is 71.1. The number of pyridine rings is 5. The van der Waals surface area contributed by atoms with E-state index in [-0.39, 0.29) is 130 Å². The molecule has 738 valence electrons. The van der Waals surface area contributed by atoms with Gasteiger partial charge in [-0.2, -0.15) is 25.5 Å². The molecule has 5 aromatic carbocycles. The number of amides is 5. The highest BCUT2D eigenvalue weighted by molar-refractivity contribution is 6.31. The largest absolute Gasteiger partial charge is 0.393 e. The highest BCUT2D eigenvalue weighted by Crippen LogP contribution is 2.30. The predicted octanol–water partition coefficient (Wildman–Crippen LogP) is 11.2. The van der Waals surface area contributed by atoms with Crippen LogP contribution in [0.5, 0.6) is 0 Å². The highest BCUT2D eigenvalue weighted by Gasteiger charge is 2.29. The lowest BCUT2D eigenvalue weighted by molar-refractivity contribution is 0.0895. The smallest absolute Gasteiger partial charge is 0.284 e. The fraction of sp³-hybridized carbons (Fsp3) is 0.129. The molecule has 43 nitrogen and oxygen atoms in total. The van der Waals surface area contributed by atoms with Gasteiger partial charge >= 0.3 is 0 Å². The van der Waals surface area contributed by atoms with Crippen molar-refractivity contribution in [2.45, 2.75) is 79.9 Å². The Bertz CT molecular complexity index is 8160. The van der Waals surface area contributed by atoms with Crippen molar-refractivity contribution in [3.05, 3.63) is 363 Å². The Morgan fingerprint density at radius 2 is 0.599 bits per heavy atom. The number of carbonyl (C=O) groups excluding carboxylic acids is 6. The molecule has 0 spiro atoms. The Hall–Kier alpha value is -19.6. The molecule has 147 heavy (non-hydrogen) atoms. The number of hydrogen-bond donors (Lipinski definition) is 12. The van der Waals surface area contributed by atoms with E-state index in [1.807, 2.05) is 179 Å². The number of nitrogens with zero attached hydrogens (tertiary/aromatic N) is 25. The molecule has 46 heteroatoms. The Morgan fingerprint density at radius 1 is 0.354 bits per heavy atom. The number of aryl methyl sites for hydroxylation is 5. The van der Waals surface area contributed by atoms with Gasteiger partial charge in [-0.1, -0.05) is 140 Å². The second-order valence-corrected chi connectivity index (χ2v) is 33.1. The molecular weight excluding hydrogens is 1900 g/mol. The first-order valence-corrected chi connectivity index (χ1v) is 45.2. The van der Waals surface area contributed by atoms with Gasteiger partial charge in [-0.25, -0.2) is 82.0 Å². The van der Waals surface area contributed by atoms with Crippen LogP contribution in [0.2, 0.25) is 5.15 Å². The second kappa shape index (κ2) is 45.3. The third-order valence-corrected chi connectivity index (χ3v) is 22.3. The van der Waals surface area contributed by atoms with Gasteiger partial charge in [-0.05, 0) is 127 Å². The molecule has 0 fully saturated rings. The molecule has 15 heterocycles. The number of nitrogen functional groups attached to an aromatic ring is 5. The quantitative estimate of drug-likeness (QED) is 0.0236. The second-order valence-electron chi connectivity index (χ2n) is 32.7. The third-order valence-electron chi connectivity index (χ3n) is 22.1. The molecule has 17 N–H and O–H groups in total. The maximum atomic E-state index is 13.6. The molecule has 15 aromatic heterocycles. The molecule has 1 atom stereocenters. The van der Waals surface area contributed by atoms with Crippen molar-refractivity contribution in [1.29, 1.82) is 0 Å². The van der Waals surface area contributed by atoms with Gasteiger partial charge in [0.1, 0.15) is 23.2 Å². The van der Waals surface area contributed by atoms with E-state index in [1.165, 1.54) is 32.5 Å². The summed E-state index contributed by atoms with van der Waals surface area (Å²) in [6.07, 6.45) is 22.7. The molecule has 0 saturated carbocycles. The number of aliphatic hydroxyl groups is 2. The molecule has 0 saturated heterocycles. The summed E-state index contributed by atoms with van der Waals surface area (Å²) in [5.74, 6) is -2.41. The lowest BCUT2D eigenvalue weighted by atomic mass is 10.1. The van der Waals surface area contributed by atoms with Crippen LogP contribution < -0.4 is 55.3 Å². The van der Waals surface area contributed by atoms with E-state index in [2.05, 4.69) is 133 Å². The topological polar surface area (TPSA) is 616 Å². The number of alkyl halides is 2. The summed E-state index contributed by atoms with van der Waals surface area (Å²) in [6.45, 7) is 13.5. The van der Waals surface area contributed by atoms with Gasteiger partial charge in [-0.3, -0.25) is 53.7 Å². The van der Waals surface area contributed by atoms with E-state index in [9.17, 15) is 47.8 Å². The van der Waals surface area contributed by atoms with Gasteiger partial charge in [-0.15, -0.1) is 0 Å². The Kier molecular flexibility index (Phi) is 31.0. The van der Waals surface area contributed by atoms with Crippen LogP contribution in [0, 0.1) is 34.6 Å². The lowest BCUT2D eigenvalue weighted by Gasteiger charge is -2.15. The van der Waals surface area contributed by atoms with Gasteiger partial charge in [0.15, 0.2) is 104 Å². The van der Waals surface area contributed by atoms with Crippen molar-refractivity contribution < 1.29 is 47.8 Å². The number of fused-ring (bicyclic) bond motifs is 5. The minimum Gasteiger partial charge on any atom is -0.393 e. The molecule has 20 aromatic rings. The monoisotopic (exact) mass is 1990 g/mol. The zero-order valence-corrected chi connectivity index (χ0v) is 79.7. The molecule has 0 radical (unpaired) electrons. The van der Waals surface area contributed by atoms with E-state index in [4.69, 9.17) is 40.3 Å². The summed E-state index contributed by atoms with van der Waals surface area (Å²) in [5.41, 5.74) is 41.5. The first kappa shape index (κ1) is 100. The van der Waals surface area contributed by atoms with Crippen LogP contribution in [0.25, 0.3) is 89.7 Å². The number of nitrogens with two attached hydrogens (primary N) is 5. The van der Waals surface area contributed by atoms with E-state index in [0.717, 1.165) is 115 Å². The van der Waals surface area contributed by atoms with Gasteiger partial charge in [0.2, 0.25) is 0 Å². The molecule has 0 aliphatic carbocycles. The van der Waals surface area contributed by atoms with Crippen LogP contribution in [0.3, 0.4) is 0 Å². The number of aromatic nitrogens is 25. The van der Waals surface area contributed by atoms with E-state index in [0.29, 0.717) is 17.8 Å². The van der Waals surface area contributed by atoms with Crippen molar-refractivity contribution >= 4 is 137 Å². The zero-order valence-electron chi connectivity index (χ0n) is 78.9. The van der Waals surface area contributed by atoms with Gasteiger partial charge in [0.25, 0.3) is 36.0 Å². The maximum Gasteiger partial charge on any atom is 0.284 e. The number of carbonyl (C=O) groups is 6. The Balaban J connectivity index is 0.000000131. The summed E-state index contributed by atoms with van der Waals surface area (Å²) in [7, 11) is 0. The number of anilines is 5. The molecular formula is C101H90ClF2N35O8. The molecule has 20 rings (SSSR count). The Morgan fingerprint density at radius 3 is 0.878 bits per heavy atom. The number of halogens is 3. The van der Waals surface area contributed by atoms with Crippen molar-refractivity contribution in [2.24, 2.45) is 0 Å². The lowest BCUT2D eigenvalue weighted by Crippen LogP contribution is -2.27. The van der Waals surface area contributed by atoms with Crippen molar-refractivity contribution in [2.75, 3.05) is 35.3 Å². The summed E-state index contributed by atoms with van der Waals surface area (Å²) in [6, 6.07) is 47.6. The number of aliphatic hydroxyl groups excluding tert-OH is 2. The summed E-state index contributed by atoms with van der Waals surface area (Å²) in [4.78, 5) is 138. The SMILES string of the molecule is C=Cc1nc(C(=O)NCc2cccc3cccnc23)c(N)nc1-n1cc(C)cn1.Cc1cnn(-c2nc(N)c(C(=O)NCc3cccc4cccnc34)nc2C(F)F)c1.Cc1cnn(-c2nc(N)c(C(=O)NCc3cccc4cccnc34)nc2C(O)CO)c1.Cc1cnn(-c2nc(N)c(C(=O)NCc3cccc4cccnc34)nc2C=O)c1.Cc1cnn(-c2nc(N)c(C(=O)NCc3cccc4cccnc34)nc2Cl)c1. The fourth-order valence-electron chi connectivity index (χ4n) is 15.0. The maximum absolute atomic E-state index is 13.6. The normalized spacial score (nSPS) is 11.2. The number of rotatable bonds is 25. The molecule has 1 unspecified atom stereocenters. The van der Waals surface area contributed by atoms with Crippen LogP contribution in [0.4, 0.5) is 37.9 Å². The van der Waals surface area contributed by atoms with Crippen molar-refractivity contribution in [1.82, 2.24) is 150 Å². The first-order valence-electron chi connectivity index (χ1n) is 44.9. The summed E-state index contributed by atoms with van der Waals surface area (Å²) < 4.78 is 34.1. The highest BCUT2D eigenvalue weighted by atomic mass is 35.5. The van der Waals surface area contributed by atoms with Crippen LogP contribution >= 0.6 is 11.6 Å². The van der Waals surface area contributed by atoms with Crippen molar-refractivity contribution in [3.63, 3.8) is 0 Å². The van der Waals surface area contributed by atoms with Crippen LogP contribution in [0.15, 0.2) is 251 Å². The van der Waals surface area contributed by atoms with E-state index in [1.54, 1.807) is 92.2 Å². The predicted molar refractivity (Wildman–Crippen MR) is 544 cm³/mol. The average molecular weight is 2000 g/mol. The standard InChI is InChI=1S/C21H21N7O3.C21H19N7O.C20H17F2N7O.C20H17N7O2.C19H16ClN7O/c1-12-8-25-28(10-12)20-17(15(30)11-29)26-18(19(22)27-20)21(31)24-9-14-5-2-4-13-6-3-7-23-16(13)14;1-3-16-20(28-12-13(2)10-25-28)27-19(22)18(26-16)21(29)24-11-15-7-4-6-14-8-5-9-23-17(14)15;1-11-8-26-29(10-11)19-15(17(21)22)27-16(18(23)28-19)20(30)25-9-13-5-2-4-12-6-3-7-24-14(12)13;1-12-8-24-27(10-12)19-15(11-28)25-17(18(21)26-19)20(29)23-9-14-5-2-4-13-6-3-7-22-16(13)14;1-11-8-24-27(10-11)18-16(20)25-15(17(21)26-18)19(28)23-9-13-5-2-4-12-6-3-7-22-14(12)13/h2-8,10,15,29-30H,9,11H2,1H3,(H2,22,27)(H,24,31);3-10,12H,1,11H2,2H3,(H2,22,27)(H,24,29);2-8,10,17H,9H2,1H3,(H2,23,28)(H,25,30);2-8,10-11H,9H2,1H3,(H2,21,26)(H,23,29);2-8,10H,9H2,1H3,(H2,21,26)(H,23,28). The van der Waals surface area contributed by atoms with Gasteiger partial charge in [0, 0.05) is 122 Å². The van der Waals surface area contributed by atoms with E-state index < -0.39 is 54.4 Å². The van der Waals surface area contributed by atoms with Gasteiger partial charge in [0.05, 0.1) is 65.2 Å². The average Bonchev–Trinajstić information content (AvgIpc) is 1.85. The number of hydrogen-bond acceptors (Lipinski definition) is 33. The fourth-order valence-corrected chi connectivity index (χ4v) is 15.3. The van der Waals surface area contributed by atoms with Crippen LogP contribution in [0.1, 0.15) is 148 Å². The minimum atomic E-state index is -2.97. The van der Waals surface area contributed by atoms with Gasteiger partial charge < -0.3 is 65.5 Å². The summed E-state index contributed by atoms with van der Waals surface area (Å²) in [5, 5.41) is 58.9.